The maximum Gasteiger partial charge on any atom is 0.207 e. The molecule has 0 spiro atoms. The van der Waals surface area contributed by atoms with Crippen molar-refractivity contribution in [2.45, 2.75) is 64.7 Å². The van der Waals surface area contributed by atoms with Gasteiger partial charge in [0.15, 0.2) is 17.3 Å². The molecule has 26 heavy (non-hydrogen) atoms. The lowest BCUT2D eigenvalue weighted by Crippen LogP contribution is -2.14. The number of phenolic OH excluding ortho intramolecular Hbond substituents is 1. The molecule has 0 amide bonds. The van der Waals surface area contributed by atoms with Crippen molar-refractivity contribution in [1.29, 1.82) is 0 Å². The first-order chi connectivity index (χ1) is 12.6. The maximum atomic E-state index is 14.1. The SMILES string of the molecule is C=CCOc1ccc(C(=O)CCCC2CCC(CCC)CC2)c(O)c1F. The lowest BCUT2D eigenvalue weighted by atomic mass is 9.78. The number of phenols is 1. The van der Waals surface area contributed by atoms with Gasteiger partial charge in [0.2, 0.25) is 5.82 Å². The minimum atomic E-state index is -0.882. The standard InChI is InChI=1S/C22H31FO3/c1-3-6-16-9-11-17(12-10-16)7-5-8-19(24)18-13-14-20(26-15-4-2)21(23)22(18)25/h4,13-14,16-17,25H,2-3,5-12,15H2,1H3. The number of benzene rings is 1. The highest BCUT2D eigenvalue weighted by Crippen LogP contribution is 2.35. The molecule has 1 saturated carbocycles. The second-order valence-corrected chi connectivity index (χ2v) is 7.36. The molecule has 3 nitrogen and oxygen atoms in total. The highest BCUT2D eigenvalue weighted by molar-refractivity contribution is 5.98. The quantitative estimate of drug-likeness (QED) is 0.407. The molecule has 1 aliphatic carbocycles. The van der Waals surface area contributed by atoms with Gasteiger partial charge in [-0.15, -0.1) is 0 Å². The van der Waals surface area contributed by atoms with Gasteiger partial charge in [-0.05, 0) is 30.4 Å². The molecule has 1 fully saturated rings. The number of aromatic hydroxyl groups is 1. The summed E-state index contributed by atoms with van der Waals surface area (Å²) in [6.07, 6.45) is 11.4. The number of hydrogen-bond donors (Lipinski definition) is 1. The van der Waals surface area contributed by atoms with E-state index in [1.165, 1.54) is 56.7 Å². The number of halogens is 1. The largest absolute Gasteiger partial charge is 0.504 e. The van der Waals surface area contributed by atoms with E-state index in [1.54, 1.807) is 0 Å². The second kappa shape index (κ2) is 10.3. The molecule has 0 aliphatic heterocycles. The number of ketones is 1. The Morgan fingerprint density at radius 1 is 1.27 bits per heavy atom. The van der Waals surface area contributed by atoms with Gasteiger partial charge in [-0.1, -0.05) is 64.5 Å². The van der Waals surface area contributed by atoms with Crippen molar-refractivity contribution in [3.8, 4) is 11.5 Å². The molecule has 2 rings (SSSR count). The van der Waals surface area contributed by atoms with Gasteiger partial charge in [-0.25, -0.2) is 0 Å². The fourth-order valence-corrected chi connectivity index (χ4v) is 3.93. The Hall–Kier alpha value is -1.84. The molecule has 0 unspecified atom stereocenters. The third-order valence-electron chi connectivity index (χ3n) is 5.42. The molecule has 4 heteroatoms. The Bertz CT molecular complexity index is 604. The molecule has 144 valence electrons. The summed E-state index contributed by atoms with van der Waals surface area (Å²) in [5.41, 5.74) is 0.0418. The lowest BCUT2D eigenvalue weighted by Gasteiger charge is -2.28. The van der Waals surface area contributed by atoms with Crippen LogP contribution in [-0.4, -0.2) is 17.5 Å². The molecule has 0 aromatic heterocycles. The number of carbonyl (C=O) groups is 1. The van der Waals surface area contributed by atoms with Gasteiger partial charge in [-0.2, -0.15) is 4.39 Å². The third kappa shape index (κ3) is 5.58. The minimum absolute atomic E-state index is 0.0418. The van der Waals surface area contributed by atoms with Crippen LogP contribution >= 0.6 is 0 Å². The van der Waals surface area contributed by atoms with Crippen LogP contribution in [0.4, 0.5) is 4.39 Å². The molecular formula is C22H31FO3. The monoisotopic (exact) mass is 362 g/mol. The van der Waals surface area contributed by atoms with E-state index >= 15 is 0 Å². The maximum absolute atomic E-state index is 14.1. The first-order valence-corrected chi connectivity index (χ1v) is 9.85. The Morgan fingerprint density at radius 3 is 2.54 bits per heavy atom. The van der Waals surface area contributed by atoms with Crippen LogP contribution in [0.25, 0.3) is 0 Å². The van der Waals surface area contributed by atoms with Gasteiger partial charge >= 0.3 is 0 Å². The Morgan fingerprint density at radius 2 is 1.92 bits per heavy atom. The van der Waals surface area contributed by atoms with Crippen molar-refractivity contribution in [2.75, 3.05) is 6.61 Å². The van der Waals surface area contributed by atoms with E-state index in [-0.39, 0.29) is 23.7 Å². The molecule has 0 bridgehead atoms. The number of hydrogen-bond acceptors (Lipinski definition) is 3. The van der Waals surface area contributed by atoms with Crippen LogP contribution < -0.4 is 4.74 Å². The highest BCUT2D eigenvalue weighted by atomic mass is 19.1. The molecule has 0 heterocycles. The molecule has 1 aromatic rings. The van der Waals surface area contributed by atoms with Gasteiger partial charge in [0.1, 0.15) is 6.61 Å². The van der Waals surface area contributed by atoms with Gasteiger partial charge in [0.25, 0.3) is 0 Å². The second-order valence-electron chi connectivity index (χ2n) is 7.36. The average Bonchev–Trinajstić information content (AvgIpc) is 2.64. The van der Waals surface area contributed by atoms with Crippen LogP contribution in [0, 0.1) is 17.7 Å². The first-order valence-electron chi connectivity index (χ1n) is 9.85. The average molecular weight is 362 g/mol. The van der Waals surface area contributed by atoms with Crippen molar-refractivity contribution < 1.29 is 19.0 Å². The molecule has 1 N–H and O–H groups in total. The highest BCUT2D eigenvalue weighted by Gasteiger charge is 2.22. The first kappa shape index (κ1) is 20.5. The molecule has 0 atom stereocenters. The summed E-state index contributed by atoms with van der Waals surface area (Å²) in [4.78, 5) is 12.3. The summed E-state index contributed by atoms with van der Waals surface area (Å²) >= 11 is 0. The zero-order valence-electron chi connectivity index (χ0n) is 15.8. The topological polar surface area (TPSA) is 46.5 Å². The van der Waals surface area contributed by atoms with Crippen LogP contribution in [0.3, 0.4) is 0 Å². The predicted molar refractivity (Wildman–Crippen MR) is 102 cm³/mol. The van der Waals surface area contributed by atoms with Crippen molar-refractivity contribution >= 4 is 5.78 Å². The van der Waals surface area contributed by atoms with E-state index in [4.69, 9.17) is 4.74 Å². The van der Waals surface area contributed by atoms with Gasteiger partial charge in [-0.3, -0.25) is 4.79 Å². The Balaban J connectivity index is 1.81. The number of Topliss-reactive ketones (excluding diaryl/α,β-unsaturated/α-hetero) is 1. The van der Waals surface area contributed by atoms with Crippen molar-refractivity contribution in [3.05, 3.63) is 36.2 Å². The predicted octanol–water partition coefficient (Wildman–Crippen LogP) is 6.06. The molecule has 1 aliphatic rings. The van der Waals surface area contributed by atoms with E-state index in [0.29, 0.717) is 12.3 Å². The van der Waals surface area contributed by atoms with E-state index in [9.17, 15) is 14.3 Å². The third-order valence-corrected chi connectivity index (χ3v) is 5.42. The summed E-state index contributed by atoms with van der Waals surface area (Å²) in [6.45, 7) is 5.88. The molecule has 1 aromatic carbocycles. The summed E-state index contributed by atoms with van der Waals surface area (Å²) in [5.74, 6) is -0.182. The van der Waals surface area contributed by atoms with Crippen molar-refractivity contribution in [2.24, 2.45) is 11.8 Å². The zero-order chi connectivity index (χ0) is 18.9. The fraction of sp³-hybridized carbons (Fsp3) is 0.591. The summed E-state index contributed by atoms with van der Waals surface area (Å²) in [7, 11) is 0. The summed E-state index contributed by atoms with van der Waals surface area (Å²) in [5, 5.41) is 9.97. The minimum Gasteiger partial charge on any atom is -0.504 e. The molecular weight excluding hydrogens is 331 g/mol. The zero-order valence-corrected chi connectivity index (χ0v) is 15.8. The summed E-state index contributed by atoms with van der Waals surface area (Å²) < 4.78 is 19.2. The number of rotatable bonds is 10. The lowest BCUT2D eigenvalue weighted by molar-refractivity contribution is 0.0972. The summed E-state index contributed by atoms with van der Waals surface area (Å²) in [6, 6.07) is 2.83. The van der Waals surface area contributed by atoms with Crippen LogP contribution in [0.2, 0.25) is 0 Å². The number of carbonyl (C=O) groups excluding carboxylic acids is 1. The van der Waals surface area contributed by atoms with Gasteiger partial charge in [0, 0.05) is 6.42 Å². The Kier molecular flexibility index (Phi) is 8.14. The van der Waals surface area contributed by atoms with Gasteiger partial charge < -0.3 is 9.84 Å². The van der Waals surface area contributed by atoms with Crippen LogP contribution in [-0.2, 0) is 0 Å². The molecule has 0 saturated heterocycles. The van der Waals surface area contributed by atoms with Crippen molar-refractivity contribution in [1.82, 2.24) is 0 Å². The van der Waals surface area contributed by atoms with Crippen LogP contribution in [0.1, 0.15) is 75.1 Å². The molecule has 0 radical (unpaired) electrons. The smallest absolute Gasteiger partial charge is 0.207 e. The van der Waals surface area contributed by atoms with E-state index in [1.807, 2.05) is 0 Å². The van der Waals surface area contributed by atoms with E-state index < -0.39 is 11.6 Å². The van der Waals surface area contributed by atoms with E-state index in [0.717, 1.165) is 18.8 Å². The van der Waals surface area contributed by atoms with Crippen LogP contribution in [0.5, 0.6) is 11.5 Å². The van der Waals surface area contributed by atoms with Crippen molar-refractivity contribution in [3.63, 3.8) is 0 Å². The Labute approximate surface area is 156 Å². The fourth-order valence-electron chi connectivity index (χ4n) is 3.93. The number of ether oxygens (including phenoxy) is 1. The van der Waals surface area contributed by atoms with Gasteiger partial charge in [0.05, 0.1) is 5.56 Å². The normalized spacial score (nSPS) is 19.9. The van der Waals surface area contributed by atoms with Crippen LogP contribution in [0.15, 0.2) is 24.8 Å². The van der Waals surface area contributed by atoms with E-state index in [2.05, 4.69) is 13.5 Å².